The lowest BCUT2D eigenvalue weighted by atomic mass is 9.78. The lowest BCUT2D eigenvalue weighted by Crippen LogP contribution is -2.32. The molecule has 0 aliphatic heterocycles. The Morgan fingerprint density at radius 1 is 1.10 bits per heavy atom. The number of nitrogens with one attached hydrogen (secondary N) is 1. The predicted octanol–water partition coefficient (Wildman–Crippen LogP) is 4.70. The van der Waals surface area contributed by atoms with Crippen LogP contribution >= 0.6 is 0 Å². The molecule has 2 aliphatic rings. The first kappa shape index (κ1) is 14.1. The van der Waals surface area contributed by atoms with E-state index < -0.39 is 0 Å². The molecule has 0 saturated heterocycles. The summed E-state index contributed by atoms with van der Waals surface area (Å²) in [5.41, 5.74) is 5.95. The van der Waals surface area contributed by atoms with E-state index in [1.54, 1.807) is 5.56 Å². The first-order chi connectivity index (χ1) is 9.60. The van der Waals surface area contributed by atoms with Crippen molar-refractivity contribution < 1.29 is 0 Å². The standard InChI is InChI=1S/C19H29N/c1-5-20-19(17-11-15-6-7-16(17)10-15)18-13(3)8-12(2)9-14(18)4/h8-9,15-17,19-20H,5-7,10-11H2,1-4H3. The maximum absolute atomic E-state index is 3.83. The fourth-order valence-corrected chi connectivity index (χ4v) is 5.07. The molecule has 2 saturated carbocycles. The highest BCUT2D eigenvalue weighted by Gasteiger charge is 2.43. The van der Waals surface area contributed by atoms with E-state index in [2.05, 4.69) is 45.1 Å². The number of fused-ring (bicyclic) bond motifs is 2. The van der Waals surface area contributed by atoms with Gasteiger partial charge >= 0.3 is 0 Å². The van der Waals surface area contributed by atoms with Crippen LogP contribution in [0.1, 0.15) is 60.9 Å². The summed E-state index contributed by atoms with van der Waals surface area (Å²) < 4.78 is 0. The van der Waals surface area contributed by atoms with E-state index in [0.29, 0.717) is 6.04 Å². The summed E-state index contributed by atoms with van der Waals surface area (Å²) in [5.74, 6) is 2.87. The molecule has 2 aliphatic carbocycles. The van der Waals surface area contributed by atoms with Gasteiger partial charge in [0.1, 0.15) is 0 Å². The third-order valence-electron chi connectivity index (χ3n) is 5.69. The molecule has 1 N–H and O–H groups in total. The summed E-state index contributed by atoms with van der Waals surface area (Å²) >= 11 is 0. The first-order valence-electron chi connectivity index (χ1n) is 8.41. The van der Waals surface area contributed by atoms with Gasteiger partial charge in [-0.15, -0.1) is 0 Å². The Balaban J connectivity index is 1.95. The molecule has 2 bridgehead atoms. The van der Waals surface area contributed by atoms with Gasteiger partial charge in [-0.1, -0.05) is 31.0 Å². The highest BCUT2D eigenvalue weighted by atomic mass is 14.9. The molecule has 0 heterocycles. The smallest absolute Gasteiger partial charge is 0.0356 e. The summed E-state index contributed by atoms with van der Waals surface area (Å²) in [5, 5.41) is 3.83. The molecule has 1 nitrogen and oxygen atoms in total. The van der Waals surface area contributed by atoms with Crippen LogP contribution in [0.15, 0.2) is 12.1 Å². The molecule has 4 unspecified atom stereocenters. The zero-order valence-electron chi connectivity index (χ0n) is 13.5. The average molecular weight is 271 g/mol. The van der Waals surface area contributed by atoms with E-state index in [9.17, 15) is 0 Å². The second-order valence-corrected chi connectivity index (χ2v) is 7.19. The molecule has 0 radical (unpaired) electrons. The van der Waals surface area contributed by atoms with Crippen LogP contribution in [0.4, 0.5) is 0 Å². The molecule has 1 heteroatoms. The van der Waals surface area contributed by atoms with Gasteiger partial charge in [0, 0.05) is 6.04 Å². The van der Waals surface area contributed by atoms with Gasteiger partial charge in [-0.25, -0.2) is 0 Å². The molecule has 3 rings (SSSR count). The monoisotopic (exact) mass is 271 g/mol. The van der Waals surface area contributed by atoms with Gasteiger partial charge in [0.25, 0.3) is 0 Å². The lowest BCUT2D eigenvalue weighted by Gasteiger charge is -2.33. The number of rotatable bonds is 4. The van der Waals surface area contributed by atoms with Crippen molar-refractivity contribution in [1.29, 1.82) is 0 Å². The highest BCUT2D eigenvalue weighted by Crippen LogP contribution is 2.53. The van der Waals surface area contributed by atoms with Gasteiger partial charge in [0.05, 0.1) is 0 Å². The van der Waals surface area contributed by atoms with Gasteiger partial charge in [-0.2, -0.15) is 0 Å². The molecule has 0 spiro atoms. The Bertz CT molecular complexity index is 468. The average Bonchev–Trinajstić information content (AvgIpc) is 2.98. The lowest BCUT2D eigenvalue weighted by molar-refractivity contribution is 0.252. The number of aryl methyl sites for hydroxylation is 3. The second-order valence-electron chi connectivity index (χ2n) is 7.19. The van der Waals surface area contributed by atoms with Crippen LogP contribution in [0, 0.1) is 38.5 Å². The fourth-order valence-electron chi connectivity index (χ4n) is 5.07. The van der Waals surface area contributed by atoms with Crippen molar-refractivity contribution in [2.45, 2.75) is 59.4 Å². The quantitative estimate of drug-likeness (QED) is 0.837. The SMILES string of the molecule is CCNC(c1c(C)cc(C)cc1C)C1CC2CCC1C2. The van der Waals surface area contributed by atoms with Gasteiger partial charge in [0.2, 0.25) is 0 Å². The minimum absolute atomic E-state index is 0.580. The molecule has 0 amide bonds. The summed E-state index contributed by atoms with van der Waals surface area (Å²) in [6, 6.07) is 5.30. The van der Waals surface area contributed by atoms with Crippen LogP contribution in [-0.2, 0) is 0 Å². The van der Waals surface area contributed by atoms with Crippen LogP contribution in [0.25, 0.3) is 0 Å². The van der Waals surface area contributed by atoms with Gasteiger partial charge in [0.15, 0.2) is 0 Å². The topological polar surface area (TPSA) is 12.0 Å². The molecule has 20 heavy (non-hydrogen) atoms. The van der Waals surface area contributed by atoms with Crippen molar-refractivity contribution in [2.24, 2.45) is 17.8 Å². The van der Waals surface area contributed by atoms with Crippen molar-refractivity contribution in [2.75, 3.05) is 6.54 Å². The van der Waals surface area contributed by atoms with Crippen molar-refractivity contribution in [3.05, 3.63) is 34.4 Å². The molecule has 1 aromatic rings. The Morgan fingerprint density at radius 3 is 2.30 bits per heavy atom. The fraction of sp³-hybridized carbons (Fsp3) is 0.684. The van der Waals surface area contributed by atoms with E-state index in [4.69, 9.17) is 0 Å². The number of hydrogen-bond acceptors (Lipinski definition) is 1. The van der Waals surface area contributed by atoms with Crippen LogP contribution < -0.4 is 5.32 Å². The van der Waals surface area contributed by atoms with E-state index in [1.807, 2.05) is 0 Å². The molecule has 0 aromatic heterocycles. The molecular weight excluding hydrogens is 242 g/mol. The molecule has 4 atom stereocenters. The zero-order chi connectivity index (χ0) is 14.3. The maximum atomic E-state index is 3.83. The third kappa shape index (κ3) is 2.41. The van der Waals surface area contributed by atoms with E-state index in [1.165, 1.54) is 42.4 Å². The van der Waals surface area contributed by atoms with Crippen molar-refractivity contribution in [3.8, 4) is 0 Å². The van der Waals surface area contributed by atoms with E-state index in [-0.39, 0.29) is 0 Å². The highest BCUT2D eigenvalue weighted by molar-refractivity contribution is 5.40. The van der Waals surface area contributed by atoms with Crippen LogP contribution in [0.5, 0.6) is 0 Å². The normalized spacial score (nSPS) is 29.9. The summed E-state index contributed by atoms with van der Waals surface area (Å²) in [7, 11) is 0. The molecule has 1 aromatic carbocycles. The number of hydrogen-bond donors (Lipinski definition) is 1. The predicted molar refractivity (Wildman–Crippen MR) is 86.0 cm³/mol. The molecular formula is C19H29N. The van der Waals surface area contributed by atoms with Gasteiger partial charge in [-0.3, -0.25) is 0 Å². The maximum Gasteiger partial charge on any atom is 0.0356 e. The van der Waals surface area contributed by atoms with Crippen LogP contribution in [0.2, 0.25) is 0 Å². The number of benzene rings is 1. The van der Waals surface area contributed by atoms with Gasteiger partial charge in [-0.05, 0) is 81.0 Å². The van der Waals surface area contributed by atoms with E-state index in [0.717, 1.165) is 24.3 Å². The third-order valence-corrected chi connectivity index (χ3v) is 5.69. The van der Waals surface area contributed by atoms with Crippen molar-refractivity contribution in [3.63, 3.8) is 0 Å². The van der Waals surface area contributed by atoms with Crippen LogP contribution in [-0.4, -0.2) is 6.54 Å². The minimum atomic E-state index is 0.580. The summed E-state index contributed by atoms with van der Waals surface area (Å²) in [6.07, 6.45) is 5.92. The second kappa shape index (κ2) is 5.52. The van der Waals surface area contributed by atoms with E-state index >= 15 is 0 Å². The Kier molecular flexibility index (Phi) is 3.90. The zero-order valence-corrected chi connectivity index (χ0v) is 13.5. The summed E-state index contributed by atoms with van der Waals surface area (Å²) in [4.78, 5) is 0. The minimum Gasteiger partial charge on any atom is -0.310 e. The Labute approximate surface area is 124 Å². The van der Waals surface area contributed by atoms with Crippen molar-refractivity contribution >= 4 is 0 Å². The molecule has 110 valence electrons. The largest absolute Gasteiger partial charge is 0.310 e. The first-order valence-corrected chi connectivity index (χ1v) is 8.41. The molecule has 2 fully saturated rings. The Hall–Kier alpha value is -0.820. The van der Waals surface area contributed by atoms with Crippen molar-refractivity contribution in [1.82, 2.24) is 5.32 Å². The summed E-state index contributed by atoms with van der Waals surface area (Å²) in [6.45, 7) is 10.1. The van der Waals surface area contributed by atoms with Crippen LogP contribution in [0.3, 0.4) is 0 Å². The Morgan fingerprint density at radius 2 is 1.80 bits per heavy atom. The van der Waals surface area contributed by atoms with Gasteiger partial charge < -0.3 is 5.32 Å².